The van der Waals surface area contributed by atoms with Crippen LogP contribution < -0.4 is 5.73 Å². The van der Waals surface area contributed by atoms with Gasteiger partial charge in [-0.15, -0.1) is 11.8 Å². The molecule has 2 aliphatic heterocycles. The summed E-state index contributed by atoms with van der Waals surface area (Å²) >= 11 is 1.72. The van der Waals surface area contributed by atoms with Crippen LogP contribution in [0.3, 0.4) is 0 Å². The van der Waals surface area contributed by atoms with Crippen molar-refractivity contribution in [2.75, 3.05) is 26.3 Å². The number of benzene rings is 2. The van der Waals surface area contributed by atoms with Gasteiger partial charge in [-0.25, -0.2) is 9.67 Å². The van der Waals surface area contributed by atoms with Crippen molar-refractivity contribution in [3.63, 3.8) is 0 Å². The number of nitrogens with two attached hydrogens (primary N) is 1. The lowest BCUT2D eigenvalue weighted by Crippen LogP contribution is -2.41. The van der Waals surface area contributed by atoms with E-state index in [4.69, 9.17) is 21.0 Å². The molecule has 9 heteroatoms. The third-order valence-electron chi connectivity index (χ3n) is 5.65. The van der Waals surface area contributed by atoms with Crippen LogP contribution in [0.4, 0.5) is 0 Å². The number of aromatic nitrogens is 2. The van der Waals surface area contributed by atoms with Gasteiger partial charge in [0.15, 0.2) is 11.5 Å². The molecule has 5 rings (SSSR count). The maximum absolute atomic E-state index is 13.4. The van der Waals surface area contributed by atoms with Crippen LogP contribution >= 0.6 is 11.8 Å². The van der Waals surface area contributed by atoms with Gasteiger partial charge in [-0.2, -0.15) is 5.10 Å². The number of fused-ring (bicyclic) bond motifs is 3. The number of carbonyl (C=O) groups excluding carboxylic acids is 1. The highest BCUT2D eigenvalue weighted by Crippen LogP contribution is 2.43. The number of hydrogen-bond acceptors (Lipinski definition) is 5. The van der Waals surface area contributed by atoms with E-state index in [9.17, 15) is 4.79 Å². The van der Waals surface area contributed by atoms with E-state index >= 15 is 0 Å². The minimum absolute atomic E-state index is 0.0689. The Bertz CT molecular complexity index is 1270. The van der Waals surface area contributed by atoms with E-state index in [-0.39, 0.29) is 11.7 Å². The SMILES string of the molecule is CC(N)=NC(=N)c1cccc(-n2nc(C(=O)N3CCOCC3)c3c2-c2ccccc2SC3)c1. The molecule has 33 heavy (non-hydrogen) atoms. The first kappa shape index (κ1) is 21.4. The molecule has 0 saturated carbocycles. The smallest absolute Gasteiger partial charge is 0.274 e. The molecule has 3 heterocycles. The van der Waals surface area contributed by atoms with E-state index in [1.807, 2.05) is 46.0 Å². The van der Waals surface area contributed by atoms with Gasteiger partial charge in [0.2, 0.25) is 0 Å². The maximum atomic E-state index is 13.4. The molecule has 0 radical (unpaired) electrons. The number of thioether (sulfide) groups is 1. The maximum Gasteiger partial charge on any atom is 0.274 e. The molecule has 3 aromatic rings. The van der Waals surface area contributed by atoms with Gasteiger partial charge in [-0.1, -0.05) is 30.3 Å². The number of carbonyl (C=O) groups is 1. The van der Waals surface area contributed by atoms with Crippen molar-refractivity contribution < 1.29 is 9.53 Å². The Morgan fingerprint density at radius 3 is 2.76 bits per heavy atom. The summed E-state index contributed by atoms with van der Waals surface area (Å²) in [4.78, 5) is 20.5. The third-order valence-corrected chi connectivity index (χ3v) is 6.75. The molecule has 168 valence electrons. The number of morpholine rings is 1. The van der Waals surface area contributed by atoms with Gasteiger partial charge in [0.1, 0.15) is 0 Å². The average Bonchev–Trinajstić information content (AvgIpc) is 3.24. The van der Waals surface area contributed by atoms with E-state index < -0.39 is 0 Å². The summed E-state index contributed by atoms with van der Waals surface area (Å²) in [5, 5.41) is 13.1. The largest absolute Gasteiger partial charge is 0.387 e. The van der Waals surface area contributed by atoms with E-state index in [1.54, 1.807) is 18.7 Å². The summed E-state index contributed by atoms with van der Waals surface area (Å²) in [6.07, 6.45) is 0. The fourth-order valence-corrected chi connectivity index (χ4v) is 5.17. The lowest BCUT2D eigenvalue weighted by Gasteiger charge is -2.26. The van der Waals surface area contributed by atoms with Gasteiger partial charge in [0.05, 0.1) is 30.4 Å². The van der Waals surface area contributed by atoms with Crippen LogP contribution in [-0.2, 0) is 10.5 Å². The van der Waals surface area contributed by atoms with Crippen LogP contribution in [0, 0.1) is 5.41 Å². The van der Waals surface area contributed by atoms with E-state index in [0.717, 1.165) is 27.4 Å². The fourth-order valence-electron chi connectivity index (χ4n) is 4.10. The molecule has 8 nitrogen and oxygen atoms in total. The summed E-state index contributed by atoms with van der Waals surface area (Å²) in [5.74, 6) is 1.01. The summed E-state index contributed by atoms with van der Waals surface area (Å²) in [7, 11) is 0. The van der Waals surface area contributed by atoms with Crippen molar-refractivity contribution in [3.05, 3.63) is 65.4 Å². The van der Waals surface area contributed by atoms with Crippen LogP contribution in [0.1, 0.15) is 28.5 Å². The highest BCUT2D eigenvalue weighted by Gasteiger charge is 2.31. The molecule has 0 atom stereocenters. The zero-order valence-electron chi connectivity index (χ0n) is 18.2. The third kappa shape index (κ3) is 4.05. The van der Waals surface area contributed by atoms with Crippen molar-refractivity contribution in [2.45, 2.75) is 17.6 Å². The molecule has 1 saturated heterocycles. The molecular weight excluding hydrogens is 436 g/mol. The molecule has 1 fully saturated rings. The van der Waals surface area contributed by atoms with Crippen molar-refractivity contribution in [1.29, 1.82) is 5.41 Å². The van der Waals surface area contributed by atoms with Crippen molar-refractivity contribution in [3.8, 4) is 16.9 Å². The topological polar surface area (TPSA) is 110 Å². The Kier molecular flexibility index (Phi) is 5.74. The summed E-state index contributed by atoms with van der Waals surface area (Å²) < 4.78 is 7.25. The predicted octanol–water partition coefficient (Wildman–Crippen LogP) is 3.32. The average molecular weight is 461 g/mol. The molecule has 0 unspecified atom stereocenters. The minimum atomic E-state index is -0.0689. The highest BCUT2D eigenvalue weighted by atomic mass is 32.2. The van der Waals surface area contributed by atoms with Crippen molar-refractivity contribution in [2.24, 2.45) is 10.7 Å². The van der Waals surface area contributed by atoms with Gasteiger partial charge in [0.25, 0.3) is 5.91 Å². The number of aliphatic imine (C=N–C) groups is 1. The van der Waals surface area contributed by atoms with Crippen LogP contribution in [0.15, 0.2) is 58.4 Å². The van der Waals surface area contributed by atoms with Crippen molar-refractivity contribution in [1.82, 2.24) is 14.7 Å². The standard InChI is InChI=1S/C24H24N6O2S/c1-15(25)27-23(26)16-5-4-6-17(13-16)30-22-18-7-2-3-8-20(18)33-14-19(22)21(28-30)24(31)29-9-11-32-12-10-29/h2-8,13H,9-12,14H2,1H3,(H3,25,26,27). The second-order valence-corrected chi connectivity index (χ2v) is 8.95. The minimum Gasteiger partial charge on any atom is -0.387 e. The molecule has 1 amide bonds. The van der Waals surface area contributed by atoms with Crippen LogP contribution in [0.2, 0.25) is 0 Å². The monoisotopic (exact) mass is 460 g/mol. The van der Waals surface area contributed by atoms with Crippen LogP contribution in [0.5, 0.6) is 0 Å². The van der Waals surface area contributed by atoms with Crippen LogP contribution in [0.25, 0.3) is 16.9 Å². The summed E-state index contributed by atoms with van der Waals surface area (Å²) in [6, 6.07) is 15.6. The zero-order chi connectivity index (χ0) is 22.9. The highest BCUT2D eigenvalue weighted by molar-refractivity contribution is 7.98. The molecular formula is C24H24N6O2S. The summed E-state index contributed by atoms with van der Waals surface area (Å²) in [5.41, 5.74) is 10.4. The quantitative estimate of drug-likeness (QED) is 0.460. The van der Waals surface area contributed by atoms with Gasteiger partial charge < -0.3 is 15.4 Å². The molecule has 0 bridgehead atoms. The lowest BCUT2D eigenvalue weighted by atomic mass is 10.0. The number of amides is 1. The molecule has 0 aliphatic carbocycles. The van der Waals surface area contributed by atoms with Crippen molar-refractivity contribution >= 4 is 29.3 Å². The normalized spacial score (nSPS) is 15.7. The number of amidine groups is 2. The zero-order valence-corrected chi connectivity index (χ0v) is 19.1. The fraction of sp³-hybridized carbons (Fsp3) is 0.250. The number of hydrogen-bond donors (Lipinski definition) is 2. The van der Waals surface area contributed by atoms with E-state index in [1.165, 1.54) is 0 Å². The second-order valence-electron chi connectivity index (χ2n) is 7.93. The number of nitrogens with zero attached hydrogens (tertiary/aromatic N) is 4. The summed E-state index contributed by atoms with van der Waals surface area (Å²) in [6.45, 7) is 3.86. The van der Waals surface area contributed by atoms with E-state index in [0.29, 0.717) is 49.1 Å². The first-order valence-electron chi connectivity index (χ1n) is 10.7. The van der Waals surface area contributed by atoms with Gasteiger partial charge >= 0.3 is 0 Å². The van der Waals surface area contributed by atoms with Gasteiger partial charge in [-0.05, 0) is 25.1 Å². The van der Waals surface area contributed by atoms with Crippen LogP contribution in [-0.4, -0.2) is 58.6 Å². The lowest BCUT2D eigenvalue weighted by molar-refractivity contribution is 0.0298. The predicted molar refractivity (Wildman–Crippen MR) is 129 cm³/mol. The first-order chi connectivity index (χ1) is 16.0. The number of rotatable bonds is 3. The Labute approximate surface area is 196 Å². The molecule has 2 aromatic carbocycles. The Morgan fingerprint density at radius 1 is 1.18 bits per heavy atom. The first-order valence-corrected chi connectivity index (χ1v) is 11.7. The number of nitrogens with one attached hydrogen (secondary N) is 1. The molecule has 3 N–H and O–H groups in total. The Morgan fingerprint density at radius 2 is 1.97 bits per heavy atom. The Hall–Kier alpha value is -3.43. The van der Waals surface area contributed by atoms with Gasteiger partial charge in [0, 0.05) is 40.4 Å². The molecule has 2 aliphatic rings. The Balaban J connectivity index is 1.66. The van der Waals surface area contributed by atoms with Gasteiger partial charge in [-0.3, -0.25) is 10.2 Å². The second kappa shape index (κ2) is 8.84. The van der Waals surface area contributed by atoms with E-state index in [2.05, 4.69) is 17.1 Å². The molecule has 1 aromatic heterocycles. The molecule has 0 spiro atoms. The number of ether oxygens (including phenoxy) is 1.